The van der Waals surface area contributed by atoms with Crippen LogP contribution in [-0.2, 0) is 6.42 Å². The summed E-state index contributed by atoms with van der Waals surface area (Å²) in [5, 5.41) is 0.733. The Balaban J connectivity index is 1.41. The van der Waals surface area contributed by atoms with Crippen molar-refractivity contribution in [3.05, 3.63) is 47.0 Å². The predicted octanol–water partition coefficient (Wildman–Crippen LogP) is 3.12. The minimum Gasteiger partial charge on any atom is -0.396 e. The summed E-state index contributed by atoms with van der Waals surface area (Å²) in [7, 11) is 0. The zero-order valence-electron chi connectivity index (χ0n) is 15.6. The zero-order valence-corrected chi connectivity index (χ0v) is 16.5. The third-order valence-electron chi connectivity index (χ3n) is 5.27. The van der Waals surface area contributed by atoms with Gasteiger partial charge in [-0.2, -0.15) is 0 Å². The molecule has 0 bridgehead atoms. The van der Waals surface area contributed by atoms with Crippen molar-refractivity contribution >= 4 is 34.6 Å². The van der Waals surface area contributed by atoms with Gasteiger partial charge in [-0.3, -0.25) is 4.79 Å². The highest BCUT2D eigenvalue weighted by atomic mass is 32.1. The number of rotatable bonds is 3. The van der Waals surface area contributed by atoms with Gasteiger partial charge in [0, 0.05) is 49.7 Å². The molecule has 0 aliphatic carbocycles. The van der Waals surface area contributed by atoms with Gasteiger partial charge in [-0.1, -0.05) is 0 Å². The molecule has 7 nitrogen and oxygen atoms in total. The fourth-order valence-corrected chi connectivity index (χ4v) is 4.75. The zero-order chi connectivity index (χ0) is 20.0. The van der Waals surface area contributed by atoms with Gasteiger partial charge >= 0.3 is 0 Å². The minimum atomic E-state index is -0.489. The Labute approximate surface area is 171 Å². The number of hydrogen-bond donors (Lipinski definition) is 1. The van der Waals surface area contributed by atoms with Crippen molar-refractivity contribution < 1.29 is 9.18 Å². The summed E-state index contributed by atoms with van der Waals surface area (Å²) in [6, 6.07) is 4.34. The number of amides is 1. The highest BCUT2D eigenvalue weighted by Gasteiger charge is 2.30. The average molecular weight is 410 g/mol. The molecule has 0 saturated carbocycles. The minimum absolute atomic E-state index is 0.0290. The molecular weight excluding hydrogens is 391 g/mol. The van der Waals surface area contributed by atoms with E-state index in [1.165, 1.54) is 36.3 Å². The van der Waals surface area contributed by atoms with Crippen LogP contribution >= 0.6 is 11.3 Å². The molecular formula is C20H19FN6OS. The van der Waals surface area contributed by atoms with Crippen LogP contribution in [0.15, 0.2) is 30.6 Å². The van der Waals surface area contributed by atoms with E-state index in [0.717, 1.165) is 35.3 Å². The predicted molar refractivity (Wildman–Crippen MR) is 111 cm³/mol. The first-order valence-corrected chi connectivity index (χ1v) is 10.4. The fraction of sp³-hybridized carbons (Fsp3) is 0.300. The van der Waals surface area contributed by atoms with Gasteiger partial charge < -0.3 is 15.5 Å². The quantitative estimate of drug-likeness (QED) is 0.668. The number of carbonyl (C=O) groups excluding carboxylic acids is 1. The van der Waals surface area contributed by atoms with Gasteiger partial charge in [-0.25, -0.2) is 19.3 Å². The van der Waals surface area contributed by atoms with Crippen LogP contribution in [0.25, 0.3) is 10.6 Å². The number of halogens is 1. The van der Waals surface area contributed by atoms with E-state index < -0.39 is 5.82 Å². The van der Waals surface area contributed by atoms with E-state index in [-0.39, 0.29) is 11.6 Å². The van der Waals surface area contributed by atoms with E-state index >= 15 is 0 Å². The molecule has 1 saturated heterocycles. The topological polar surface area (TPSA) is 88.2 Å². The van der Waals surface area contributed by atoms with Crippen LogP contribution in [0.1, 0.15) is 28.2 Å². The second-order valence-corrected chi connectivity index (χ2v) is 8.17. The number of anilines is 3. The largest absolute Gasteiger partial charge is 0.396 e. The lowest BCUT2D eigenvalue weighted by atomic mass is 10.1. The smallest absolute Gasteiger partial charge is 0.270 e. The molecule has 0 unspecified atom stereocenters. The Morgan fingerprint density at radius 2 is 1.86 bits per heavy atom. The molecule has 1 fully saturated rings. The molecule has 3 aromatic rings. The van der Waals surface area contributed by atoms with Crippen molar-refractivity contribution in [2.75, 3.05) is 35.2 Å². The first-order chi connectivity index (χ1) is 14.1. The van der Waals surface area contributed by atoms with Crippen LogP contribution in [0.4, 0.5) is 21.7 Å². The van der Waals surface area contributed by atoms with Crippen LogP contribution in [-0.4, -0.2) is 40.5 Å². The summed E-state index contributed by atoms with van der Waals surface area (Å²) in [6.07, 6.45) is 6.51. The van der Waals surface area contributed by atoms with Crippen LogP contribution in [0.2, 0.25) is 0 Å². The van der Waals surface area contributed by atoms with Gasteiger partial charge in [0.15, 0.2) is 0 Å². The third kappa shape index (κ3) is 3.21. The number of nitrogens with two attached hydrogens (primary N) is 1. The van der Waals surface area contributed by atoms with Crippen molar-refractivity contribution in [3.63, 3.8) is 0 Å². The average Bonchev–Trinajstić information content (AvgIpc) is 3.41. The highest BCUT2D eigenvalue weighted by molar-refractivity contribution is 7.17. The standard InChI is InChI=1S/C20H19FN6OS/c21-14-4-3-13(9-15(14)22)27-8-5-16-17(19(27)28)29-18(25-16)12-10-23-20(24-11-12)26-6-1-2-7-26/h3-4,9-11H,1-2,5-8,22H2. The van der Waals surface area contributed by atoms with Crippen molar-refractivity contribution in [1.29, 1.82) is 0 Å². The second-order valence-electron chi connectivity index (χ2n) is 7.17. The van der Waals surface area contributed by atoms with Crippen LogP contribution in [0, 0.1) is 5.82 Å². The number of fused-ring (bicyclic) bond motifs is 1. The number of nitrogens with zero attached hydrogens (tertiary/aromatic N) is 5. The Morgan fingerprint density at radius 1 is 1.10 bits per heavy atom. The summed E-state index contributed by atoms with van der Waals surface area (Å²) < 4.78 is 13.5. The number of thiazole rings is 1. The van der Waals surface area contributed by atoms with Gasteiger partial charge in [0.25, 0.3) is 5.91 Å². The lowest BCUT2D eigenvalue weighted by molar-refractivity contribution is 0.0984. The lowest BCUT2D eigenvalue weighted by Gasteiger charge is -2.26. The Hall–Kier alpha value is -3.07. The number of aromatic nitrogens is 3. The van der Waals surface area contributed by atoms with Gasteiger partial charge in [0.05, 0.1) is 11.4 Å². The third-order valence-corrected chi connectivity index (χ3v) is 6.41. The fourth-order valence-electron chi connectivity index (χ4n) is 3.71. The van der Waals surface area contributed by atoms with Crippen LogP contribution < -0.4 is 15.5 Å². The van der Waals surface area contributed by atoms with Crippen LogP contribution in [0.3, 0.4) is 0 Å². The Morgan fingerprint density at radius 3 is 2.59 bits per heavy atom. The summed E-state index contributed by atoms with van der Waals surface area (Å²) >= 11 is 1.34. The maximum absolute atomic E-state index is 13.5. The van der Waals surface area contributed by atoms with Crippen LogP contribution in [0.5, 0.6) is 0 Å². The van der Waals surface area contributed by atoms with Gasteiger partial charge in [0.2, 0.25) is 5.95 Å². The highest BCUT2D eigenvalue weighted by Crippen LogP contribution is 2.34. The molecule has 4 heterocycles. The second kappa shape index (κ2) is 7.07. The van der Waals surface area contributed by atoms with Gasteiger partial charge in [-0.05, 0) is 31.0 Å². The van der Waals surface area contributed by atoms with E-state index in [4.69, 9.17) is 5.73 Å². The maximum Gasteiger partial charge on any atom is 0.270 e. The number of benzene rings is 1. The van der Waals surface area contributed by atoms with E-state index in [2.05, 4.69) is 19.9 Å². The van der Waals surface area contributed by atoms with Crippen molar-refractivity contribution in [2.45, 2.75) is 19.3 Å². The number of carbonyl (C=O) groups is 1. The molecule has 2 aromatic heterocycles. The monoisotopic (exact) mass is 410 g/mol. The molecule has 0 radical (unpaired) electrons. The van der Waals surface area contributed by atoms with E-state index in [1.54, 1.807) is 23.4 Å². The SMILES string of the molecule is Nc1cc(N2CCc3nc(-c4cnc(N5CCCC5)nc4)sc3C2=O)ccc1F. The molecule has 1 amide bonds. The normalized spacial score (nSPS) is 16.4. The lowest BCUT2D eigenvalue weighted by Crippen LogP contribution is -2.37. The molecule has 2 aliphatic heterocycles. The van der Waals surface area contributed by atoms with Crippen molar-refractivity contribution in [2.24, 2.45) is 0 Å². The maximum atomic E-state index is 13.5. The molecule has 9 heteroatoms. The Kier molecular flexibility index (Phi) is 4.39. The first-order valence-electron chi connectivity index (χ1n) is 9.54. The molecule has 0 spiro atoms. The summed E-state index contributed by atoms with van der Waals surface area (Å²) in [5.41, 5.74) is 7.87. The molecule has 2 aliphatic rings. The molecule has 5 rings (SSSR count). The van der Waals surface area contributed by atoms with E-state index in [9.17, 15) is 9.18 Å². The molecule has 29 heavy (non-hydrogen) atoms. The van der Waals surface area contributed by atoms with Crippen molar-refractivity contribution in [3.8, 4) is 10.6 Å². The Bertz CT molecular complexity index is 1080. The van der Waals surface area contributed by atoms with Gasteiger partial charge in [0.1, 0.15) is 15.7 Å². The summed E-state index contributed by atoms with van der Waals surface area (Å²) in [5.74, 6) is 0.107. The van der Waals surface area contributed by atoms with Gasteiger partial charge in [-0.15, -0.1) is 11.3 Å². The summed E-state index contributed by atoms with van der Waals surface area (Å²) in [4.78, 5) is 31.0. The molecule has 148 valence electrons. The first kappa shape index (κ1) is 18.0. The molecule has 0 atom stereocenters. The van der Waals surface area contributed by atoms with E-state index in [1.807, 2.05) is 0 Å². The summed E-state index contributed by atoms with van der Waals surface area (Å²) in [6.45, 7) is 2.46. The van der Waals surface area contributed by atoms with E-state index in [0.29, 0.717) is 23.5 Å². The molecule has 1 aromatic carbocycles. The number of hydrogen-bond acceptors (Lipinski definition) is 7. The number of nitrogen functional groups attached to an aromatic ring is 1. The van der Waals surface area contributed by atoms with Crippen molar-refractivity contribution in [1.82, 2.24) is 15.0 Å². The molecule has 2 N–H and O–H groups in total.